The van der Waals surface area contributed by atoms with Crippen molar-refractivity contribution in [2.45, 2.75) is 11.7 Å². The number of pyridine rings is 1. The largest absolute Gasteiger partial charge is 0.338 e. The van der Waals surface area contributed by atoms with E-state index in [1.165, 1.54) is 12.3 Å². The number of rotatable bonds is 2. The monoisotopic (exact) mass is 348 g/mol. The van der Waals surface area contributed by atoms with Gasteiger partial charge >= 0.3 is 0 Å². The first-order valence-electron chi connectivity index (χ1n) is 7.49. The minimum atomic E-state index is -0.202. The van der Waals surface area contributed by atoms with Crippen LogP contribution >= 0.6 is 23.4 Å². The molecule has 0 radical (unpaired) electrons. The Bertz CT molecular complexity index is 742. The van der Waals surface area contributed by atoms with Crippen LogP contribution in [0.1, 0.15) is 27.6 Å². The first kappa shape index (κ1) is 16.1. The van der Waals surface area contributed by atoms with Crippen LogP contribution in [0.25, 0.3) is 0 Å². The summed E-state index contributed by atoms with van der Waals surface area (Å²) in [5.41, 5.74) is 1.45. The Labute approximate surface area is 143 Å². The van der Waals surface area contributed by atoms with Crippen molar-refractivity contribution >= 4 is 29.3 Å². The first-order valence-corrected chi connectivity index (χ1v) is 8.92. The van der Waals surface area contributed by atoms with E-state index in [2.05, 4.69) is 11.1 Å². The predicted octanol–water partition coefficient (Wildman–Crippen LogP) is 3.35. The molecule has 0 saturated carbocycles. The Kier molecular flexibility index (Phi) is 5.08. The number of thioether (sulfide) groups is 1. The summed E-state index contributed by atoms with van der Waals surface area (Å²) in [7, 11) is 0. The van der Waals surface area contributed by atoms with Gasteiger partial charge in [-0.05, 0) is 24.1 Å². The molecule has 1 amide bonds. The minimum Gasteiger partial charge on any atom is -0.338 e. The Morgan fingerprint density at radius 2 is 2.04 bits per heavy atom. The molecule has 1 aromatic heterocycles. The van der Waals surface area contributed by atoms with E-state index in [0.717, 1.165) is 22.8 Å². The standard InChI is InChI=1S/C17H17ClN2O2S/c18-14-4-2-1-3-13(14)15-7-8-20(9-10-23-15)17(22)12-5-6-16(21)19-11-12/h1-6,11,15H,7-10H2,(H,19,21). The molecule has 0 spiro atoms. The van der Waals surface area contributed by atoms with Crippen LogP contribution in [-0.4, -0.2) is 34.6 Å². The van der Waals surface area contributed by atoms with E-state index < -0.39 is 0 Å². The fraction of sp³-hybridized carbons (Fsp3) is 0.294. The summed E-state index contributed by atoms with van der Waals surface area (Å²) >= 11 is 8.13. The van der Waals surface area contributed by atoms with Crippen LogP contribution in [0, 0.1) is 0 Å². The van der Waals surface area contributed by atoms with Crippen molar-refractivity contribution in [3.8, 4) is 0 Å². The predicted molar refractivity (Wildman–Crippen MR) is 94.2 cm³/mol. The van der Waals surface area contributed by atoms with E-state index in [0.29, 0.717) is 23.9 Å². The second-order valence-electron chi connectivity index (χ2n) is 5.40. The number of amides is 1. The molecule has 1 N–H and O–H groups in total. The molecule has 1 aromatic carbocycles. The zero-order valence-electron chi connectivity index (χ0n) is 12.5. The topological polar surface area (TPSA) is 53.2 Å². The minimum absolute atomic E-state index is 0.0401. The van der Waals surface area contributed by atoms with Crippen LogP contribution in [-0.2, 0) is 0 Å². The van der Waals surface area contributed by atoms with E-state index in [1.54, 1.807) is 6.07 Å². The average Bonchev–Trinajstić information content (AvgIpc) is 2.81. The maximum Gasteiger partial charge on any atom is 0.255 e. The van der Waals surface area contributed by atoms with Crippen LogP contribution in [0.5, 0.6) is 0 Å². The van der Waals surface area contributed by atoms with Gasteiger partial charge in [-0.25, -0.2) is 0 Å². The molecule has 4 nitrogen and oxygen atoms in total. The highest BCUT2D eigenvalue weighted by atomic mass is 35.5. The highest BCUT2D eigenvalue weighted by molar-refractivity contribution is 7.99. The quantitative estimate of drug-likeness (QED) is 0.905. The van der Waals surface area contributed by atoms with Gasteiger partial charge in [0.25, 0.3) is 5.91 Å². The highest BCUT2D eigenvalue weighted by Crippen LogP contribution is 2.37. The lowest BCUT2D eigenvalue weighted by molar-refractivity contribution is 0.0766. The molecular formula is C17H17ClN2O2S. The van der Waals surface area contributed by atoms with Gasteiger partial charge in [0.2, 0.25) is 5.56 Å². The molecule has 6 heteroatoms. The maximum atomic E-state index is 12.5. The molecule has 1 atom stereocenters. The number of H-pyrrole nitrogens is 1. The van der Waals surface area contributed by atoms with Crippen LogP contribution in [0.2, 0.25) is 5.02 Å². The number of nitrogens with one attached hydrogen (secondary N) is 1. The fourth-order valence-electron chi connectivity index (χ4n) is 2.68. The van der Waals surface area contributed by atoms with Gasteiger partial charge in [-0.15, -0.1) is 0 Å². The van der Waals surface area contributed by atoms with Crippen LogP contribution < -0.4 is 5.56 Å². The van der Waals surface area contributed by atoms with Gasteiger partial charge in [-0.2, -0.15) is 11.8 Å². The number of halogens is 1. The van der Waals surface area contributed by atoms with Crippen molar-refractivity contribution in [2.75, 3.05) is 18.8 Å². The summed E-state index contributed by atoms with van der Waals surface area (Å²) in [6, 6.07) is 10.8. The number of carbonyl (C=O) groups is 1. The zero-order chi connectivity index (χ0) is 16.2. The van der Waals surface area contributed by atoms with Crippen molar-refractivity contribution in [1.82, 2.24) is 9.88 Å². The van der Waals surface area contributed by atoms with E-state index in [-0.39, 0.29) is 11.5 Å². The maximum absolute atomic E-state index is 12.5. The van der Waals surface area contributed by atoms with Gasteiger partial charge in [0, 0.05) is 41.4 Å². The summed E-state index contributed by atoms with van der Waals surface area (Å²) in [5, 5.41) is 1.09. The fourth-order valence-corrected chi connectivity index (χ4v) is 4.28. The third kappa shape index (κ3) is 3.79. The number of carbonyl (C=O) groups excluding carboxylic acids is 1. The molecule has 1 aliphatic heterocycles. The molecule has 1 aliphatic rings. The summed E-state index contributed by atoms with van der Waals surface area (Å²) in [6.45, 7) is 1.38. The number of benzene rings is 1. The van der Waals surface area contributed by atoms with E-state index >= 15 is 0 Å². The second kappa shape index (κ2) is 7.23. The molecule has 2 aromatic rings. The lowest BCUT2D eigenvalue weighted by Crippen LogP contribution is -2.33. The SMILES string of the molecule is O=C(c1ccc(=O)[nH]c1)N1CCSC(c2ccccc2Cl)CC1. The van der Waals surface area contributed by atoms with Crippen molar-refractivity contribution in [3.05, 3.63) is 69.1 Å². The van der Waals surface area contributed by atoms with Gasteiger partial charge in [0.05, 0.1) is 5.56 Å². The molecule has 0 bridgehead atoms. The first-order chi connectivity index (χ1) is 11.1. The summed E-state index contributed by atoms with van der Waals surface area (Å²) in [5.74, 6) is 0.826. The van der Waals surface area contributed by atoms with E-state index in [4.69, 9.17) is 11.6 Å². The van der Waals surface area contributed by atoms with Crippen LogP contribution in [0.15, 0.2) is 47.4 Å². The lowest BCUT2D eigenvalue weighted by Gasteiger charge is -2.20. The third-order valence-electron chi connectivity index (χ3n) is 3.91. The molecule has 0 aliphatic carbocycles. The van der Waals surface area contributed by atoms with Gasteiger partial charge in [-0.3, -0.25) is 9.59 Å². The molecule has 2 heterocycles. The Balaban J connectivity index is 1.71. The molecule has 120 valence electrons. The highest BCUT2D eigenvalue weighted by Gasteiger charge is 2.24. The normalized spacial score (nSPS) is 18.5. The molecule has 1 fully saturated rings. The number of hydrogen-bond donors (Lipinski definition) is 1. The number of aromatic amines is 1. The van der Waals surface area contributed by atoms with Crippen LogP contribution in [0.4, 0.5) is 0 Å². The number of hydrogen-bond acceptors (Lipinski definition) is 3. The molecular weight excluding hydrogens is 332 g/mol. The number of aromatic nitrogens is 1. The van der Waals surface area contributed by atoms with Gasteiger partial charge in [0.15, 0.2) is 0 Å². The molecule has 1 saturated heterocycles. The molecule has 23 heavy (non-hydrogen) atoms. The average molecular weight is 349 g/mol. The Morgan fingerprint density at radius 3 is 2.78 bits per heavy atom. The molecule has 3 rings (SSSR count). The van der Waals surface area contributed by atoms with Gasteiger partial charge < -0.3 is 9.88 Å². The van der Waals surface area contributed by atoms with Crippen molar-refractivity contribution in [1.29, 1.82) is 0 Å². The summed E-state index contributed by atoms with van der Waals surface area (Å²) in [6.07, 6.45) is 2.34. The van der Waals surface area contributed by atoms with Crippen molar-refractivity contribution < 1.29 is 4.79 Å². The Hall–Kier alpha value is -1.72. The lowest BCUT2D eigenvalue weighted by atomic mass is 10.1. The number of nitrogens with zero attached hydrogens (tertiary/aromatic N) is 1. The molecule has 1 unspecified atom stereocenters. The van der Waals surface area contributed by atoms with Crippen molar-refractivity contribution in [2.24, 2.45) is 0 Å². The van der Waals surface area contributed by atoms with E-state index in [9.17, 15) is 9.59 Å². The second-order valence-corrected chi connectivity index (χ2v) is 7.12. The van der Waals surface area contributed by atoms with Crippen LogP contribution in [0.3, 0.4) is 0 Å². The van der Waals surface area contributed by atoms with Gasteiger partial charge in [-0.1, -0.05) is 29.8 Å². The van der Waals surface area contributed by atoms with Gasteiger partial charge in [0.1, 0.15) is 0 Å². The Morgan fingerprint density at radius 1 is 1.22 bits per heavy atom. The third-order valence-corrected chi connectivity index (χ3v) is 5.57. The summed E-state index contributed by atoms with van der Waals surface area (Å²) < 4.78 is 0. The smallest absolute Gasteiger partial charge is 0.255 e. The van der Waals surface area contributed by atoms with Crippen molar-refractivity contribution in [3.63, 3.8) is 0 Å². The van der Waals surface area contributed by atoms with E-state index in [1.807, 2.05) is 34.9 Å². The summed E-state index contributed by atoms with van der Waals surface area (Å²) in [4.78, 5) is 28.1. The zero-order valence-corrected chi connectivity index (χ0v) is 14.1.